The first-order valence-electron chi connectivity index (χ1n) is 7.07. The summed E-state index contributed by atoms with van der Waals surface area (Å²) in [6.45, 7) is 3.20. The van der Waals surface area contributed by atoms with Gasteiger partial charge in [-0.05, 0) is 32.1 Å². The van der Waals surface area contributed by atoms with E-state index in [2.05, 4.69) is 27.4 Å². The standard InChI is InChI=1S/C14H25N3OS/c1-14(18,11-19-2)10-15-9-12-7-8-17(16-12)13-5-3-4-6-13/h7-8,13,15,18H,3-6,9-11H2,1-2H3. The SMILES string of the molecule is CSCC(C)(O)CNCc1ccn(C2CCCC2)n1. The van der Waals surface area contributed by atoms with Crippen molar-refractivity contribution < 1.29 is 5.11 Å². The highest BCUT2D eigenvalue weighted by Crippen LogP contribution is 2.28. The van der Waals surface area contributed by atoms with Crippen LogP contribution in [-0.4, -0.2) is 39.0 Å². The predicted molar refractivity (Wildman–Crippen MR) is 80.4 cm³/mol. The predicted octanol–water partition coefficient (Wildman–Crippen LogP) is 2.20. The van der Waals surface area contributed by atoms with Crippen molar-refractivity contribution in [1.29, 1.82) is 0 Å². The lowest BCUT2D eigenvalue weighted by atomic mass is 10.1. The van der Waals surface area contributed by atoms with E-state index >= 15 is 0 Å². The van der Waals surface area contributed by atoms with Crippen LogP contribution < -0.4 is 5.32 Å². The molecule has 0 amide bonds. The van der Waals surface area contributed by atoms with Crippen LogP contribution in [0, 0.1) is 0 Å². The Labute approximate surface area is 120 Å². The molecule has 19 heavy (non-hydrogen) atoms. The molecular formula is C14H25N3OS. The normalized spacial score (nSPS) is 19.7. The average Bonchev–Trinajstić information content (AvgIpc) is 2.98. The number of nitrogens with zero attached hydrogens (tertiary/aromatic N) is 2. The second kappa shape index (κ2) is 6.77. The molecule has 1 unspecified atom stereocenters. The number of aromatic nitrogens is 2. The van der Waals surface area contributed by atoms with E-state index in [0.29, 0.717) is 12.6 Å². The van der Waals surface area contributed by atoms with Crippen LogP contribution in [0.1, 0.15) is 44.3 Å². The molecule has 1 fully saturated rings. The van der Waals surface area contributed by atoms with Crippen molar-refractivity contribution in [3.8, 4) is 0 Å². The zero-order chi connectivity index (χ0) is 13.7. The van der Waals surface area contributed by atoms with E-state index in [1.165, 1.54) is 25.7 Å². The molecular weight excluding hydrogens is 258 g/mol. The highest BCUT2D eigenvalue weighted by molar-refractivity contribution is 7.98. The molecule has 4 nitrogen and oxygen atoms in total. The number of aliphatic hydroxyl groups is 1. The summed E-state index contributed by atoms with van der Waals surface area (Å²) < 4.78 is 2.12. The van der Waals surface area contributed by atoms with Crippen molar-refractivity contribution in [1.82, 2.24) is 15.1 Å². The van der Waals surface area contributed by atoms with Gasteiger partial charge >= 0.3 is 0 Å². The third-order valence-corrected chi connectivity index (χ3v) is 4.54. The van der Waals surface area contributed by atoms with Crippen molar-refractivity contribution in [2.75, 3.05) is 18.6 Å². The van der Waals surface area contributed by atoms with Gasteiger partial charge in [-0.15, -0.1) is 0 Å². The molecule has 5 heteroatoms. The minimum atomic E-state index is -0.645. The Balaban J connectivity index is 1.77. The smallest absolute Gasteiger partial charge is 0.0833 e. The van der Waals surface area contributed by atoms with Gasteiger partial charge in [-0.2, -0.15) is 16.9 Å². The molecule has 0 spiro atoms. The van der Waals surface area contributed by atoms with Crippen LogP contribution in [0.15, 0.2) is 12.3 Å². The molecule has 1 saturated carbocycles. The number of thioether (sulfide) groups is 1. The molecule has 0 radical (unpaired) electrons. The van der Waals surface area contributed by atoms with E-state index in [1.54, 1.807) is 11.8 Å². The van der Waals surface area contributed by atoms with Crippen LogP contribution >= 0.6 is 11.8 Å². The van der Waals surface area contributed by atoms with Crippen molar-refractivity contribution in [2.24, 2.45) is 0 Å². The van der Waals surface area contributed by atoms with Crippen LogP contribution in [0.3, 0.4) is 0 Å². The maximum atomic E-state index is 10.1. The number of hydrogen-bond donors (Lipinski definition) is 2. The summed E-state index contributed by atoms with van der Waals surface area (Å²) in [7, 11) is 0. The van der Waals surface area contributed by atoms with Gasteiger partial charge in [0.1, 0.15) is 0 Å². The summed E-state index contributed by atoms with van der Waals surface area (Å²) in [6.07, 6.45) is 9.28. The number of hydrogen-bond acceptors (Lipinski definition) is 4. The molecule has 1 aliphatic rings. The third kappa shape index (κ3) is 4.51. The summed E-state index contributed by atoms with van der Waals surface area (Å²) in [6, 6.07) is 2.68. The largest absolute Gasteiger partial charge is 0.388 e. The molecule has 1 aliphatic carbocycles. The van der Waals surface area contributed by atoms with Gasteiger partial charge in [-0.25, -0.2) is 0 Å². The van der Waals surface area contributed by atoms with E-state index in [0.717, 1.165) is 18.0 Å². The van der Waals surface area contributed by atoms with Gasteiger partial charge in [-0.3, -0.25) is 4.68 Å². The summed E-state index contributed by atoms with van der Waals surface area (Å²) in [5, 5.41) is 18.0. The molecule has 1 heterocycles. The topological polar surface area (TPSA) is 50.1 Å². The first kappa shape index (κ1) is 14.9. The zero-order valence-electron chi connectivity index (χ0n) is 11.9. The van der Waals surface area contributed by atoms with E-state index in [1.807, 2.05) is 13.2 Å². The van der Waals surface area contributed by atoms with E-state index in [-0.39, 0.29) is 0 Å². The number of rotatable bonds is 7. The van der Waals surface area contributed by atoms with Gasteiger partial charge in [-0.1, -0.05) is 12.8 Å². The molecule has 0 bridgehead atoms. The van der Waals surface area contributed by atoms with Gasteiger partial charge in [0, 0.05) is 25.0 Å². The maximum Gasteiger partial charge on any atom is 0.0833 e. The molecule has 1 aromatic rings. The van der Waals surface area contributed by atoms with Crippen LogP contribution in [-0.2, 0) is 6.54 Å². The lowest BCUT2D eigenvalue weighted by Crippen LogP contribution is -2.39. The Hall–Kier alpha value is -0.520. The Morgan fingerprint density at radius 3 is 2.95 bits per heavy atom. The molecule has 1 atom stereocenters. The minimum absolute atomic E-state index is 0.601. The first-order valence-corrected chi connectivity index (χ1v) is 8.46. The van der Waals surface area contributed by atoms with Gasteiger partial charge < -0.3 is 10.4 Å². The van der Waals surface area contributed by atoms with Crippen molar-refractivity contribution in [3.05, 3.63) is 18.0 Å². The van der Waals surface area contributed by atoms with Crippen molar-refractivity contribution >= 4 is 11.8 Å². The summed E-state index contributed by atoms with van der Waals surface area (Å²) in [5.74, 6) is 0.747. The van der Waals surface area contributed by atoms with E-state index < -0.39 is 5.60 Å². The second-order valence-corrected chi connectivity index (χ2v) is 6.62. The van der Waals surface area contributed by atoms with Crippen molar-refractivity contribution in [3.63, 3.8) is 0 Å². The number of nitrogens with one attached hydrogen (secondary N) is 1. The quantitative estimate of drug-likeness (QED) is 0.805. The summed E-state index contributed by atoms with van der Waals surface area (Å²) >= 11 is 1.67. The highest BCUT2D eigenvalue weighted by Gasteiger charge is 2.20. The maximum absolute atomic E-state index is 10.1. The monoisotopic (exact) mass is 283 g/mol. The third-order valence-electron chi connectivity index (χ3n) is 3.63. The van der Waals surface area contributed by atoms with Crippen LogP contribution in [0.4, 0.5) is 0 Å². The molecule has 0 aliphatic heterocycles. The Kier molecular flexibility index (Phi) is 5.30. The van der Waals surface area contributed by atoms with Gasteiger partial charge in [0.15, 0.2) is 0 Å². The van der Waals surface area contributed by atoms with Gasteiger partial charge in [0.05, 0.1) is 17.3 Å². The molecule has 1 aromatic heterocycles. The highest BCUT2D eigenvalue weighted by atomic mass is 32.2. The van der Waals surface area contributed by atoms with E-state index in [9.17, 15) is 5.11 Å². The second-order valence-electron chi connectivity index (χ2n) is 5.76. The molecule has 2 rings (SSSR count). The van der Waals surface area contributed by atoms with Crippen molar-refractivity contribution in [2.45, 2.75) is 50.8 Å². The fourth-order valence-electron chi connectivity index (χ4n) is 2.67. The molecule has 2 N–H and O–H groups in total. The molecule has 0 aromatic carbocycles. The fourth-order valence-corrected chi connectivity index (χ4v) is 3.39. The Morgan fingerprint density at radius 2 is 2.26 bits per heavy atom. The lowest BCUT2D eigenvalue weighted by Gasteiger charge is -2.22. The minimum Gasteiger partial charge on any atom is -0.388 e. The Morgan fingerprint density at radius 1 is 1.53 bits per heavy atom. The zero-order valence-corrected chi connectivity index (χ0v) is 12.7. The van der Waals surface area contributed by atoms with E-state index in [4.69, 9.17) is 0 Å². The first-order chi connectivity index (χ1) is 9.11. The Bertz CT molecular complexity index is 386. The van der Waals surface area contributed by atoms with Crippen LogP contribution in [0.2, 0.25) is 0 Å². The summed E-state index contributed by atoms with van der Waals surface area (Å²) in [5.41, 5.74) is 0.416. The molecule has 108 valence electrons. The van der Waals surface area contributed by atoms with Gasteiger partial charge in [0.2, 0.25) is 0 Å². The van der Waals surface area contributed by atoms with Crippen LogP contribution in [0.25, 0.3) is 0 Å². The van der Waals surface area contributed by atoms with Gasteiger partial charge in [0.25, 0.3) is 0 Å². The average molecular weight is 283 g/mol. The summed E-state index contributed by atoms with van der Waals surface area (Å²) in [4.78, 5) is 0. The lowest BCUT2D eigenvalue weighted by molar-refractivity contribution is 0.0845. The fraction of sp³-hybridized carbons (Fsp3) is 0.786. The molecule has 0 saturated heterocycles. The van der Waals surface area contributed by atoms with Crippen LogP contribution in [0.5, 0.6) is 0 Å².